The lowest BCUT2D eigenvalue weighted by Crippen LogP contribution is -2.21. The van der Waals surface area contributed by atoms with Gasteiger partial charge in [0.15, 0.2) is 5.82 Å². The normalized spacial score (nSPS) is 15.4. The fourth-order valence-corrected chi connectivity index (χ4v) is 5.15. The van der Waals surface area contributed by atoms with Crippen molar-refractivity contribution in [3.63, 3.8) is 0 Å². The van der Waals surface area contributed by atoms with E-state index in [2.05, 4.69) is 17.4 Å². The van der Waals surface area contributed by atoms with Crippen LogP contribution in [0, 0.1) is 11.7 Å². The van der Waals surface area contributed by atoms with E-state index in [9.17, 15) is 9.18 Å². The van der Waals surface area contributed by atoms with E-state index in [1.807, 2.05) is 6.07 Å². The minimum Gasteiger partial charge on any atom is -0.497 e. The molecule has 5 rings (SSSR count). The molecule has 2 aliphatic rings. The number of benzene rings is 2. The molecule has 6 heteroatoms. The predicted molar refractivity (Wildman–Crippen MR) is 130 cm³/mol. The molecule has 0 spiro atoms. The average molecular weight is 460 g/mol. The second kappa shape index (κ2) is 9.92. The SMILES string of the molecule is COc1ccc2c(c1)CCc1nc(NC(=O)Cc3ccc(F)cc3)c(CC3CCCCC3)nc1-2. The van der Waals surface area contributed by atoms with Crippen LogP contribution in [0.2, 0.25) is 0 Å². The number of nitrogens with zero attached hydrogens (tertiary/aromatic N) is 2. The van der Waals surface area contributed by atoms with Crippen molar-refractivity contribution >= 4 is 11.7 Å². The van der Waals surface area contributed by atoms with E-state index in [1.165, 1.54) is 49.8 Å². The highest BCUT2D eigenvalue weighted by atomic mass is 19.1. The van der Waals surface area contributed by atoms with Crippen LogP contribution >= 0.6 is 0 Å². The summed E-state index contributed by atoms with van der Waals surface area (Å²) in [5.41, 5.74) is 5.79. The van der Waals surface area contributed by atoms with Crippen LogP contribution in [-0.2, 0) is 30.5 Å². The van der Waals surface area contributed by atoms with Crippen molar-refractivity contribution in [2.75, 3.05) is 12.4 Å². The maximum atomic E-state index is 13.2. The number of ether oxygens (including phenoxy) is 1. The fraction of sp³-hybridized carbons (Fsp3) is 0.393. The average Bonchev–Trinajstić information content (AvgIpc) is 2.86. The van der Waals surface area contributed by atoms with Crippen molar-refractivity contribution in [3.05, 3.63) is 70.8 Å². The van der Waals surface area contributed by atoms with E-state index in [-0.39, 0.29) is 18.1 Å². The Morgan fingerprint density at radius 1 is 1.06 bits per heavy atom. The monoisotopic (exact) mass is 459 g/mol. The largest absolute Gasteiger partial charge is 0.497 e. The number of carbonyl (C=O) groups is 1. The van der Waals surface area contributed by atoms with Gasteiger partial charge in [0.05, 0.1) is 30.6 Å². The van der Waals surface area contributed by atoms with Gasteiger partial charge in [0.2, 0.25) is 5.91 Å². The summed E-state index contributed by atoms with van der Waals surface area (Å²) in [5.74, 6) is 1.52. The smallest absolute Gasteiger partial charge is 0.229 e. The van der Waals surface area contributed by atoms with Gasteiger partial charge in [0.1, 0.15) is 11.6 Å². The lowest BCUT2D eigenvalue weighted by Gasteiger charge is -2.25. The molecule has 1 aromatic heterocycles. The van der Waals surface area contributed by atoms with E-state index < -0.39 is 0 Å². The third kappa shape index (κ3) is 4.96. The molecular weight excluding hydrogens is 429 g/mol. The number of methoxy groups -OCH3 is 1. The minimum absolute atomic E-state index is 0.160. The Morgan fingerprint density at radius 2 is 1.85 bits per heavy atom. The van der Waals surface area contributed by atoms with Crippen molar-refractivity contribution in [2.24, 2.45) is 5.92 Å². The summed E-state index contributed by atoms with van der Waals surface area (Å²) in [6.07, 6.45) is 8.79. The molecule has 1 saturated carbocycles. The van der Waals surface area contributed by atoms with Crippen molar-refractivity contribution in [3.8, 4) is 17.0 Å². The Morgan fingerprint density at radius 3 is 2.62 bits per heavy atom. The Hall–Kier alpha value is -3.28. The van der Waals surface area contributed by atoms with Crippen LogP contribution in [0.25, 0.3) is 11.3 Å². The van der Waals surface area contributed by atoms with E-state index in [4.69, 9.17) is 14.7 Å². The van der Waals surface area contributed by atoms with Crippen LogP contribution in [0.15, 0.2) is 42.5 Å². The van der Waals surface area contributed by atoms with Gasteiger partial charge in [-0.25, -0.2) is 14.4 Å². The third-order valence-corrected chi connectivity index (χ3v) is 6.98. The van der Waals surface area contributed by atoms with Crippen LogP contribution in [0.5, 0.6) is 5.75 Å². The Labute approximate surface area is 199 Å². The summed E-state index contributed by atoms with van der Waals surface area (Å²) < 4.78 is 18.6. The van der Waals surface area contributed by atoms with E-state index >= 15 is 0 Å². The highest BCUT2D eigenvalue weighted by Crippen LogP contribution is 2.36. The number of rotatable bonds is 6. The number of carbonyl (C=O) groups excluding carboxylic acids is 1. The van der Waals surface area contributed by atoms with Crippen LogP contribution in [0.1, 0.15) is 54.6 Å². The molecule has 1 N–H and O–H groups in total. The second-order valence-electron chi connectivity index (χ2n) is 9.40. The molecule has 1 heterocycles. The Balaban J connectivity index is 1.46. The van der Waals surface area contributed by atoms with Gasteiger partial charge in [-0.2, -0.15) is 0 Å². The zero-order valence-corrected chi connectivity index (χ0v) is 19.6. The molecule has 0 unspecified atom stereocenters. The number of nitrogens with one attached hydrogen (secondary N) is 1. The van der Waals surface area contributed by atoms with Crippen LogP contribution < -0.4 is 10.1 Å². The van der Waals surface area contributed by atoms with Gasteiger partial charge >= 0.3 is 0 Å². The molecule has 5 nitrogen and oxygen atoms in total. The molecule has 2 aliphatic carbocycles. The van der Waals surface area contributed by atoms with Crippen molar-refractivity contribution in [1.29, 1.82) is 0 Å². The first kappa shape index (κ1) is 22.5. The lowest BCUT2D eigenvalue weighted by molar-refractivity contribution is -0.115. The first-order valence-electron chi connectivity index (χ1n) is 12.2. The molecule has 0 bridgehead atoms. The zero-order valence-electron chi connectivity index (χ0n) is 19.6. The van der Waals surface area contributed by atoms with Crippen LogP contribution in [0.4, 0.5) is 10.2 Å². The minimum atomic E-state index is -0.308. The summed E-state index contributed by atoms with van der Waals surface area (Å²) in [5, 5.41) is 3.03. The highest BCUT2D eigenvalue weighted by molar-refractivity contribution is 5.92. The number of fused-ring (bicyclic) bond motifs is 3. The quantitative estimate of drug-likeness (QED) is 0.514. The first-order chi connectivity index (χ1) is 16.6. The first-order valence-corrected chi connectivity index (χ1v) is 12.2. The van der Waals surface area contributed by atoms with Gasteiger partial charge < -0.3 is 10.1 Å². The molecule has 2 aromatic carbocycles. The van der Waals surface area contributed by atoms with Crippen LogP contribution in [-0.4, -0.2) is 23.0 Å². The topological polar surface area (TPSA) is 64.1 Å². The van der Waals surface area contributed by atoms with E-state index in [0.29, 0.717) is 11.7 Å². The number of amides is 1. The number of hydrogen-bond donors (Lipinski definition) is 1. The molecule has 1 fully saturated rings. The third-order valence-electron chi connectivity index (χ3n) is 6.98. The number of halogens is 1. The molecule has 0 atom stereocenters. The predicted octanol–water partition coefficient (Wildman–Crippen LogP) is 5.69. The number of aromatic nitrogens is 2. The maximum absolute atomic E-state index is 13.2. The molecule has 34 heavy (non-hydrogen) atoms. The molecule has 0 radical (unpaired) electrons. The molecule has 1 amide bonds. The Bertz CT molecular complexity index is 1190. The highest BCUT2D eigenvalue weighted by Gasteiger charge is 2.25. The zero-order chi connectivity index (χ0) is 23.5. The van der Waals surface area contributed by atoms with E-state index in [0.717, 1.165) is 53.2 Å². The molecule has 0 saturated heterocycles. The number of aryl methyl sites for hydroxylation is 2. The van der Waals surface area contributed by atoms with Crippen molar-refractivity contribution in [2.45, 2.75) is 57.8 Å². The molecule has 0 aliphatic heterocycles. The maximum Gasteiger partial charge on any atom is 0.229 e. The van der Waals surface area contributed by atoms with Gasteiger partial charge in [-0.1, -0.05) is 44.2 Å². The molecule has 176 valence electrons. The van der Waals surface area contributed by atoms with Crippen molar-refractivity contribution < 1.29 is 13.9 Å². The summed E-state index contributed by atoms with van der Waals surface area (Å²) in [4.78, 5) is 22.9. The number of anilines is 1. The van der Waals surface area contributed by atoms with Gasteiger partial charge in [0, 0.05) is 5.56 Å². The lowest BCUT2D eigenvalue weighted by atomic mass is 9.85. The summed E-state index contributed by atoms with van der Waals surface area (Å²) in [7, 11) is 1.68. The Kier molecular flexibility index (Phi) is 6.57. The van der Waals surface area contributed by atoms with Gasteiger partial charge in [-0.15, -0.1) is 0 Å². The summed E-state index contributed by atoms with van der Waals surface area (Å²) >= 11 is 0. The number of hydrogen-bond acceptors (Lipinski definition) is 4. The van der Waals surface area contributed by atoms with Crippen molar-refractivity contribution in [1.82, 2.24) is 9.97 Å². The second-order valence-corrected chi connectivity index (χ2v) is 9.40. The fourth-order valence-electron chi connectivity index (χ4n) is 5.15. The molecular formula is C28H30FN3O2. The summed E-state index contributed by atoms with van der Waals surface area (Å²) in [6.45, 7) is 0. The van der Waals surface area contributed by atoms with E-state index in [1.54, 1.807) is 19.2 Å². The van der Waals surface area contributed by atoms with Gasteiger partial charge in [-0.3, -0.25) is 4.79 Å². The van der Waals surface area contributed by atoms with Gasteiger partial charge in [-0.05, 0) is 66.6 Å². The molecule has 3 aromatic rings. The summed E-state index contributed by atoms with van der Waals surface area (Å²) in [6, 6.07) is 12.2. The van der Waals surface area contributed by atoms with Gasteiger partial charge in [0.25, 0.3) is 0 Å². The van der Waals surface area contributed by atoms with Crippen LogP contribution in [0.3, 0.4) is 0 Å². The standard InChI is InChI=1S/C28H30FN3O2/c1-34-22-12-13-23-20(17-22)9-14-24-27(23)30-25(15-18-5-3-2-4-6-18)28(31-24)32-26(33)16-19-7-10-21(29)11-8-19/h7-8,10-13,17-18H,2-6,9,14-16H2,1H3,(H,31,32,33).